The maximum Gasteiger partial charge on any atom is 0.176 e. The summed E-state index contributed by atoms with van der Waals surface area (Å²) in [5.41, 5.74) is 2.46. The molecule has 0 aromatic heterocycles. The Kier molecular flexibility index (Phi) is 4.21. The van der Waals surface area contributed by atoms with Crippen LogP contribution in [0.5, 0.6) is 0 Å². The molecule has 2 atom stereocenters. The van der Waals surface area contributed by atoms with Gasteiger partial charge in [-0.3, -0.25) is 14.6 Å². The molecule has 2 heterocycles. The molecule has 23 heavy (non-hydrogen) atoms. The lowest BCUT2D eigenvalue weighted by atomic mass is 10.1. The van der Waals surface area contributed by atoms with E-state index in [-0.39, 0.29) is 5.78 Å². The van der Waals surface area contributed by atoms with E-state index in [4.69, 9.17) is 0 Å². The fourth-order valence-electron chi connectivity index (χ4n) is 3.50. The molecule has 4 heteroatoms. The van der Waals surface area contributed by atoms with Crippen molar-refractivity contribution in [3.8, 4) is 0 Å². The van der Waals surface area contributed by atoms with Crippen molar-refractivity contribution >= 4 is 17.5 Å². The zero-order valence-corrected chi connectivity index (χ0v) is 13.8. The van der Waals surface area contributed by atoms with E-state index in [1.165, 1.54) is 5.56 Å². The van der Waals surface area contributed by atoms with Gasteiger partial charge in [-0.05, 0) is 5.56 Å². The lowest BCUT2D eigenvalue weighted by molar-refractivity contribution is 0.0901. The molecule has 2 aliphatic heterocycles. The number of thioether (sulfide) groups is 1. The number of rotatable bonds is 4. The molecule has 2 aliphatic rings. The summed E-state index contributed by atoms with van der Waals surface area (Å²) < 4.78 is 0. The molecule has 2 unspecified atom stereocenters. The van der Waals surface area contributed by atoms with Gasteiger partial charge in [0.2, 0.25) is 0 Å². The van der Waals surface area contributed by atoms with Gasteiger partial charge in [-0.2, -0.15) is 0 Å². The number of nitrogens with zero attached hydrogens (tertiary/aromatic N) is 2. The summed E-state index contributed by atoms with van der Waals surface area (Å²) in [6.45, 7) is 2.62. The zero-order valence-electron chi connectivity index (χ0n) is 13.0. The normalized spacial score (nSPS) is 24.7. The van der Waals surface area contributed by atoms with Crippen LogP contribution in [0.3, 0.4) is 0 Å². The fraction of sp³-hybridized carbons (Fsp3) is 0.316. The second kappa shape index (κ2) is 6.48. The largest absolute Gasteiger partial charge is 0.293 e. The van der Waals surface area contributed by atoms with Crippen LogP contribution in [-0.4, -0.2) is 46.5 Å². The Morgan fingerprint density at radius 3 is 2.48 bits per heavy atom. The summed E-state index contributed by atoms with van der Waals surface area (Å²) in [7, 11) is 0. The molecule has 2 fully saturated rings. The van der Waals surface area contributed by atoms with E-state index < -0.39 is 0 Å². The SMILES string of the molecule is O=C(CN1C(c2ccccc2)CN2CCSC21)c1ccccc1. The maximum absolute atomic E-state index is 12.7. The van der Waals surface area contributed by atoms with Crippen molar-refractivity contribution in [2.45, 2.75) is 11.5 Å². The third-order valence-electron chi connectivity index (χ3n) is 4.66. The van der Waals surface area contributed by atoms with Crippen molar-refractivity contribution in [2.75, 3.05) is 25.4 Å². The van der Waals surface area contributed by atoms with Crippen molar-refractivity contribution < 1.29 is 4.79 Å². The number of carbonyl (C=O) groups excluding carboxylic acids is 1. The number of ketones is 1. The Labute approximate surface area is 141 Å². The minimum absolute atomic E-state index is 0.209. The average molecular weight is 324 g/mol. The summed E-state index contributed by atoms with van der Waals surface area (Å²) in [6.07, 6.45) is 0. The molecule has 2 aromatic rings. The van der Waals surface area contributed by atoms with Gasteiger partial charge in [-0.15, -0.1) is 11.8 Å². The average Bonchev–Trinajstić information content (AvgIpc) is 3.19. The Morgan fingerprint density at radius 2 is 1.74 bits per heavy atom. The number of fused-ring (bicyclic) bond motifs is 1. The molecule has 0 aliphatic carbocycles. The number of hydrogen-bond acceptors (Lipinski definition) is 4. The Morgan fingerprint density at radius 1 is 1.04 bits per heavy atom. The first-order valence-corrected chi connectivity index (χ1v) is 9.12. The van der Waals surface area contributed by atoms with E-state index >= 15 is 0 Å². The lowest BCUT2D eigenvalue weighted by Crippen LogP contribution is -2.36. The first kappa shape index (κ1) is 14.9. The zero-order chi connectivity index (χ0) is 15.6. The quantitative estimate of drug-likeness (QED) is 0.806. The van der Waals surface area contributed by atoms with Gasteiger partial charge < -0.3 is 0 Å². The minimum atomic E-state index is 0.209. The van der Waals surface area contributed by atoms with E-state index in [1.807, 2.05) is 48.2 Å². The van der Waals surface area contributed by atoms with Crippen LogP contribution in [-0.2, 0) is 0 Å². The molecule has 0 spiro atoms. The smallest absolute Gasteiger partial charge is 0.176 e. The standard InChI is InChI=1S/C19H20N2OS/c22-18(16-9-5-2-6-10-16)14-21-17(15-7-3-1-4-8-15)13-20-11-12-23-19(20)21/h1-10,17,19H,11-14H2. The second-order valence-corrected chi connectivity index (χ2v) is 7.24. The minimum Gasteiger partial charge on any atom is -0.293 e. The van der Waals surface area contributed by atoms with Gasteiger partial charge >= 0.3 is 0 Å². The van der Waals surface area contributed by atoms with Crippen LogP contribution < -0.4 is 0 Å². The highest BCUT2D eigenvalue weighted by Gasteiger charge is 2.43. The number of carbonyl (C=O) groups is 1. The first-order valence-electron chi connectivity index (χ1n) is 8.07. The van der Waals surface area contributed by atoms with Crippen molar-refractivity contribution in [3.05, 3.63) is 71.8 Å². The van der Waals surface area contributed by atoms with E-state index in [1.54, 1.807) is 0 Å². The highest BCUT2D eigenvalue weighted by molar-refractivity contribution is 8.00. The van der Waals surface area contributed by atoms with Gasteiger partial charge in [0.25, 0.3) is 0 Å². The molecular formula is C19H20N2OS. The fourth-order valence-corrected chi connectivity index (χ4v) is 4.87. The summed E-state index contributed by atoms with van der Waals surface area (Å²) in [5.74, 6) is 1.36. The van der Waals surface area contributed by atoms with Crippen LogP contribution in [0.2, 0.25) is 0 Å². The van der Waals surface area contributed by atoms with Crippen molar-refractivity contribution in [1.29, 1.82) is 0 Å². The number of benzene rings is 2. The first-order chi connectivity index (χ1) is 11.3. The summed E-state index contributed by atoms with van der Waals surface area (Å²) in [4.78, 5) is 17.6. The summed E-state index contributed by atoms with van der Waals surface area (Å²) in [6, 6.07) is 20.5. The molecule has 118 valence electrons. The van der Waals surface area contributed by atoms with Crippen LogP contribution in [0.15, 0.2) is 60.7 Å². The second-order valence-electron chi connectivity index (χ2n) is 6.08. The molecule has 0 saturated carbocycles. The molecular weight excluding hydrogens is 304 g/mol. The molecule has 0 N–H and O–H groups in total. The Hall–Kier alpha value is -1.62. The van der Waals surface area contributed by atoms with Crippen molar-refractivity contribution in [1.82, 2.24) is 9.80 Å². The van der Waals surface area contributed by atoms with Crippen LogP contribution in [0, 0.1) is 0 Å². The monoisotopic (exact) mass is 324 g/mol. The van der Waals surface area contributed by atoms with Crippen LogP contribution in [0.1, 0.15) is 22.0 Å². The number of hydrogen-bond donors (Lipinski definition) is 0. The van der Waals surface area contributed by atoms with Gasteiger partial charge in [0.15, 0.2) is 5.78 Å². The van der Waals surface area contributed by atoms with E-state index in [9.17, 15) is 4.79 Å². The van der Waals surface area contributed by atoms with Gasteiger partial charge in [-0.25, -0.2) is 0 Å². The summed E-state index contributed by atoms with van der Waals surface area (Å²) >= 11 is 1.96. The van der Waals surface area contributed by atoms with Gasteiger partial charge in [-0.1, -0.05) is 60.7 Å². The molecule has 3 nitrogen and oxygen atoms in total. The van der Waals surface area contributed by atoms with Crippen LogP contribution in [0.4, 0.5) is 0 Å². The topological polar surface area (TPSA) is 23.6 Å². The Bertz CT molecular complexity index is 676. The van der Waals surface area contributed by atoms with E-state index in [0.29, 0.717) is 18.1 Å². The van der Waals surface area contributed by atoms with Crippen molar-refractivity contribution in [3.63, 3.8) is 0 Å². The van der Waals surface area contributed by atoms with Gasteiger partial charge in [0.1, 0.15) is 5.50 Å². The lowest BCUT2D eigenvalue weighted by Gasteiger charge is -2.27. The molecule has 4 rings (SSSR count). The maximum atomic E-state index is 12.7. The molecule has 0 amide bonds. The van der Waals surface area contributed by atoms with Gasteiger partial charge in [0.05, 0.1) is 12.6 Å². The van der Waals surface area contributed by atoms with Crippen LogP contribution in [0.25, 0.3) is 0 Å². The molecule has 2 aromatic carbocycles. The van der Waals surface area contributed by atoms with Gasteiger partial charge in [0, 0.05) is 24.4 Å². The third kappa shape index (κ3) is 2.94. The summed E-state index contributed by atoms with van der Waals surface area (Å²) in [5, 5.41) is 0. The Balaban J connectivity index is 1.59. The van der Waals surface area contributed by atoms with E-state index in [0.717, 1.165) is 24.4 Å². The molecule has 0 bridgehead atoms. The highest BCUT2D eigenvalue weighted by atomic mass is 32.2. The van der Waals surface area contributed by atoms with Crippen LogP contribution >= 0.6 is 11.8 Å². The molecule has 2 saturated heterocycles. The molecule has 0 radical (unpaired) electrons. The van der Waals surface area contributed by atoms with E-state index in [2.05, 4.69) is 34.1 Å². The highest BCUT2D eigenvalue weighted by Crippen LogP contribution is 2.40. The third-order valence-corrected chi connectivity index (χ3v) is 5.94. The predicted molar refractivity (Wildman–Crippen MR) is 94.5 cm³/mol. The number of Topliss-reactive ketones (excluding diaryl/α,β-unsaturated/α-hetero) is 1. The van der Waals surface area contributed by atoms with Crippen molar-refractivity contribution in [2.24, 2.45) is 0 Å². The predicted octanol–water partition coefficient (Wildman–Crippen LogP) is 3.26.